The first-order valence-corrected chi connectivity index (χ1v) is 11.7. The van der Waals surface area contributed by atoms with E-state index in [2.05, 4.69) is 45.4 Å². The zero-order valence-corrected chi connectivity index (χ0v) is 20.4. The number of nitrogens with zero attached hydrogens (tertiary/aromatic N) is 1. The maximum Gasteiger partial charge on any atom is 0.338 e. The summed E-state index contributed by atoms with van der Waals surface area (Å²) in [6.45, 7) is 12.3. The number of hydrogen-bond acceptors (Lipinski definition) is 5. The van der Waals surface area contributed by atoms with E-state index in [9.17, 15) is 4.79 Å². The Balaban J connectivity index is 1.50. The molecule has 4 rings (SSSR count). The third-order valence-electron chi connectivity index (χ3n) is 6.79. The molecule has 176 valence electrons. The molecule has 5 nitrogen and oxygen atoms in total. The van der Waals surface area contributed by atoms with Gasteiger partial charge in [-0.1, -0.05) is 51.6 Å². The van der Waals surface area contributed by atoms with Gasteiger partial charge in [0, 0.05) is 24.4 Å². The van der Waals surface area contributed by atoms with Gasteiger partial charge in [0.25, 0.3) is 0 Å². The van der Waals surface area contributed by atoms with Gasteiger partial charge < -0.3 is 19.1 Å². The van der Waals surface area contributed by atoms with E-state index in [1.165, 1.54) is 16.7 Å². The minimum Gasteiger partial charge on any atom is -0.493 e. The Morgan fingerprint density at radius 3 is 2.61 bits per heavy atom. The number of rotatable bonds is 6. The fourth-order valence-corrected chi connectivity index (χ4v) is 4.87. The Morgan fingerprint density at radius 1 is 1.24 bits per heavy atom. The van der Waals surface area contributed by atoms with Crippen LogP contribution in [0.1, 0.15) is 66.6 Å². The van der Waals surface area contributed by atoms with E-state index in [1.54, 1.807) is 13.2 Å². The molecule has 2 aliphatic rings. The second-order valence-electron chi connectivity index (χ2n) is 10.2. The molecule has 3 atom stereocenters. The molecule has 2 heterocycles. The van der Waals surface area contributed by atoms with Crippen molar-refractivity contribution < 1.29 is 19.0 Å². The number of esters is 1. The number of hydrogen-bond donors (Lipinski definition) is 0. The Hall–Kier alpha value is -2.79. The summed E-state index contributed by atoms with van der Waals surface area (Å²) < 4.78 is 17.9. The van der Waals surface area contributed by atoms with Crippen molar-refractivity contribution in [2.45, 2.75) is 63.7 Å². The van der Waals surface area contributed by atoms with Crippen molar-refractivity contribution in [2.75, 3.05) is 20.7 Å². The number of carbonyl (C=O) groups is 1. The summed E-state index contributed by atoms with van der Waals surface area (Å²) >= 11 is 0. The van der Waals surface area contributed by atoms with Gasteiger partial charge >= 0.3 is 5.97 Å². The first-order chi connectivity index (χ1) is 15.7. The molecule has 2 aromatic rings. The largest absolute Gasteiger partial charge is 0.493 e. The molecule has 0 saturated carbocycles. The van der Waals surface area contributed by atoms with E-state index >= 15 is 0 Å². The van der Waals surface area contributed by atoms with Gasteiger partial charge in [0.1, 0.15) is 12.2 Å². The fourth-order valence-electron chi connectivity index (χ4n) is 4.87. The SMILES string of the molecule is C=CC(CC1Oc2c(OC)ccc3c2C1CCN(C)C3)OC(=O)c1ccc(C(C)(C)C)cc1. The van der Waals surface area contributed by atoms with Crippen LogP contribution in [0.25, 0.3) is 0 Å². The molecule has 0 aromatic heterocycles. The van der Waals surface area contributed by atoms with Crippen LogP contribution in [0, 0.1) is 0 Å². The molecule has 2 aromatic carbocycles. The van der Waals surface area contributed by atoms with E-state index in [-0.39, 0.29) is 23.4 Å². The summed E-state index contributed by atoms with van der Waals surface area (Å²) in [5, 5.41) is 0. The molecule has 5 heteroatoms. The smallest absolute Gasteiger partial charge is 0.338 e. The lowest BCUT2D eigenvalue weighted by Gasteiger charge is -2.23. The molecular formula is C28H35NO4. The fraction of sp³-hybridized carbons (Fsp3) is 0.464. The van der Waals surface area contributed by atoms with Gasteiger partial charge in [-0.25, -0.2) is 4.79 Å². The van der Waals surface area contributed by atoms with E-state index < -0.39 is 6.10 Å². The highest BCUT2D eigenvalue weighted by atomic mass is 16.6. The van der Waals surface area contributed by atoms with Crippen LogP contribution in [-0.4, -0.2) is 43.8 Å². The summed E-state index contributed by atoms with van der Waals surface area (Å²) in [7, 11) is 3.82. The van der Waals surface area contributed by atoms with Crippen molar-refractivity contribution in [3.05, 3.63) is 71.3 Å². The summed E-state index contributed by atoms with van der Waals surface area (Å²) in [6, 6.07) is 11.8. The number of benzene rings is 2. The summed E-state index contributed by atoms with van der Waals surface area (Å²) in [5.74, 6) is 1.50. The van der Waals surface area contributed by atoms with Crippen LogP contribution >= 0.6 is 0 Å². The van der Waals surface area contributed by atoms with Gasteiger partial charge in [0.2, 0.25) is 0 Å². The zero-order chi connectivity index (χ0) is 23.8. The van der Waals surface area contributed by atoms with Crippen molar-refractivity contribution in [3.8, 4) is 11.5 Å². The van der Waals surface area contributed by atoms with Crippen LogP contribution in [0.4, 0.5) is 0 Å². The molecule has 3 unspecified atom stereocenters. The van der Waals surface area contributed by atoms with Crippen LogP contribution in [0.5, 0.6) is 11.5 Å². The third kappa shape index (κ3) is 4.79. The minimum atomic E-state index is -0.436. The van der Waals surface area contributed by atoms with Crippen molar-refractivity contribution in [2.24, 2.45) is 0 Å². The van der Waals surface area contributed by atoms with Gasteiger partial charge in [-0.05, 0) is 54.8 Å². The van der Waals surface area contributed by atoms with Gasteiger partial charge in [0.05, 0.1) is 12.7 Å². The predicted molar refractivity (Wildman–Crippen MR) is 130 cm³/mol. The first-order valence-electron chi connectivity index (χ1n) is 11.7. The quantitative estimate of drug-likeness (QED) is 0.432. The van der Waals surface area contributed by atoms with Crippen molar-refractivity contribution in [1.82, 2.24) is 4.90 Å². The average molecular weight is 450 g/mol. The van der Waals surface area contributed by atoms with Gasteiger partial charge in [-0.15, -0.1) is 0 Å². The van der Waals surface area contributed by atoms with Crippen molar-refractivity contribution in [3.63, 3.8) is 0 Å². The maximum absolute atomic E-state index is 12.8. The van der Waals surface area contributed by atoms with Crippen LogP contribution in [-0.2, 0) is 16.7 Å². The van der Waals surface area contributed by atoms with Gasteiger partial charge in [0.15, 0.2) is 11.5 Å². The van der Waals surface area contributed by atoms with Gasteiger partial charge in [-0.2, -0.15) is 0 Å². The standard InChI is InChI=1S/C28H35NO4/c1-7-21(32-27(30)18-8-11-20(12-9-18)28(2,3)4)16-24-22-14-15-29(5)17-19-10-13-23(31-6)26(33-24)25(19)22/h7-13,21-22,24H,1,14-17H2,2-6H3. The molecule has 0 fully saturated rings. The predicted octanol–water partition coefficient (Wildman–Crippen LogP) is 5.47. The van der Waals surface area contributed by atoms with E-state index in [0.29, 0.717) is 12.0 Å². The van der Waals surface area contributed by atoms with Crippen LogP contribution < -0.4 is 9.47 Å². The molecule has 0 N–H and O–H groups in total. The normalized spacial score (nSPS) is 20.9. The Labute approximate surface area is 197 Å². The maximum atomic E-state index is 12.8. The summed E-state index contributed by atoms with van der Waals surface area (Å²) in [5.41, 5.74) is 4.29. The van der Waals surface area contributed by atoms with Gasteiger partial charge in [-0.3, -0.25) is 0 Å². The highest BCUT2D eigenvalue weighted by Crippen LogP contribution is 2.50. The van der Waals surface area contributed by atoms with Crippen LogP contribution in [0.3, 0.4) is 0 Å². The second kappa shape index (κ2) is 9.22. The molecule has 0 amide bonds. The second-order valence-corrected chi connectivity index (χ2v) is 10.2. The highest BCUT2D eigenvalue weighted by molar-refractivity contribution is 5.89. The number of carbonyl (C=O) groups excluding carboxylic acids is 1. The molecule has 0 spiro atoms. The highest BCUT2D eigenvalue weighted by Gasteiger charge is 2.41. The van der Waals surface area contributed by atoms with E-state index in [0.717, 1.165) is 31.0 Å². The molecule has 0 radical (unpaired) electrons. The summed E-state index contributed by atoms with van der Waals surface area (Å²) in [4.78, 5) is 15.2. The molecule has 0 aliphatic carbocycles. The topological polar surface area (TPSA) is 48.0 Å². The van der Waals surface area contributed by atoms with Crippen LogP contribution in [0.2, 0.25) is 0 Å². The number of ether oxygens (including phenoxy) is 3. The lowest BCUT2D eigenvalue weighted by Crippen LogP contribution is -2.28. The average Bonchev–Trinajstić information content (AvgIpc) is 3.05. The Morgan fingerprint density at radius 2 is 1.97 bits per heavy atom. The molecular weight excluding hydrogens is 414 g/mol. The summed E-state index contributed by atoms with van der Waals surface area (Å²) in [6.07, 6.45) is 2.71. The molecule has 0 saturated heterocycles. The number of methoxy groups -OCH3 is 1. The monoisotopic (exact) mass is 449 g/mol. The third-order valence-corrected chi connectivity index (χ3v) is 6.79. The van der Waals surface area contributed by atoms with E-state index in [4.69, 9.17) is 14.2 Å². The Bertz CT molecular complexity index is 1020. The van der Waals surface area contributed by atoms with Crippen molar-refractivity contribution >= 4 is 5.97 Å². The lowest BCUT2D eigenvalue weighted by molar-refractivity contribution is 0.0291. The minimum absolute atomic E-state index is 0.0353. The zero-order valence-electron chi connectivity index (χ0n) is 20.4. The molecule has 0 bridgehead atoms. The lowest BCUT2D eigenvalue weighted by atomic mass is 9.86. The first kappa shape index (κ1) is 23.4. The van der Waals surface area contributed by atoms with Crippen LogP contribution in [0.15, 0.2) is 49.1 Å². The van der Waals surface area contributed by atoms with Crippen molar-refractivity contribution in [1.29, 1.82) is 0 Å². The molecule has 33 heavy (non-hydrogen) atoms. The Kier molecular flexibility index (Phi) is 6.53. The van der Waals surface area contributed by atoms with E-state index in [1.807, 2.05) is 30.3 Å². The molecule has 2 aliphatic heterocycles.